The third kappa shape index (κ3) is 3.50. The van der Waals surface area contributed by atoms with Crippen molar-refractivity contribution >= 4 is 39.4 Å². The molecule has 1 N–H and O–H groups in total. The number of amides is 1. The number of fused-ring (bicyclic) bond motifs is 1. The third-order valence-corrected chi connectivity index (χ3v) is 5.95. The number of rotatable bonds is 3. The molecule has 0 radical (unpaired) electrons. The summed E-state index contributed by atoms with van der Waals surface area (Å²) in [6.07, 6.45) is 1.88. The molecule has 4 nitrogen and oxygen atoms in total. The van der Waals surface area contributed by atoms with Gasteiger partial charge in [0.1, 0.15) is 5.82 Å². The lowest BCUT2D eigenvalue weighted by molar-refractivity contribution is -0.113. The number of nitrogens with one attached hydrogen (secondary N) is 1. The summed E-state index contributed by atoms with van der Waals surface area (Å²) in [5.74, 6) is 1.24. The predicted molar refractivity (Wildman–Crippen MR) is 105 cm³/mol. The average molecular weight is 414 g/mol. The van der Waals surface area contributed by atoms with Crippen molar-refractivity contribution in [2.75, 3.05) is 11.1 Å². The van der Waals surface area contributed by atoms with Gasteiger partial charge in [-0.25, -0.2) is 4.68 Å². The Morgan fingerprint density at radius 2 is 1.92 bits per heavy atom. The predicted octanol–water partition coefficient (Wildman–Crippen LogP) is 4.47. The van der Waals surface area contributed by atoms with Crippen molar-refractivity contribution in [3.05, 3.63) is 82.0 Å². The molecule has 0 saturated carbocycles. The fourth-order valence-electron chi connectivity index (χ4n) is 2.93. The van der Waals surface area contributed by atoms with Crippen molar-refractivity contribution in [1.29, 1.82) is 0 Å². The molecule has 4 rings (SSSR count). The molecule has 1 amide bonds. The number of carbonyl (C=O) groups excluding carboxylic acids is 1. The van der Waals surface area contributed by atoms with Crippen LogP contribution in [0.5, 0.6) is 0 Å². The van der Waals surface area contributed by atoms with Gasteiger partial charge in [-0.2, -0.15) is 5.10 Å². The van der Waals surface area contributed by atoms with E-state index >= 15 is 0 Å². The number of thioether (sulfide) groups is 1. The standard InChI is InChI=1S/C19H16BrN3OS/c20-15-8-6-14(7-9-15)18-16-10-21-23(11-13-4-2-1-3-5-13)19(16)22-17(24)12-25-18/h1-10,18H,11-12H2,(H,22,24)/t18-/m0/s1. The van der Waals surface area contributed by atoms with Crippen molar-refractivity contribution in [3.8, 4) is 0 Å². The van der Waals surface area contributed by atoms with E-state index in [9.17, 15) is 4.79 Å². The van der Waals surface area contributed by atoms with Crippen LogP contribution in [0.4, 0.5) is 5.82 Å². The molecule has 1 aliphatic rings. The second-order valence-corrected chi connectivity index (χ2v) is 7.89. The van der Waals surface area contributed by atoms with Gasteiger partial charge >= 0.3 is 0 Å². The molecule has 0 unspecified atom stereocenters. The van der Waals surface area contributed by atoms with E-state index in [-0.39, 0.29) is 11.2 Å². The van der Waals surface area contributed by atoms with Crippen LogP contribution in [-0.4, -0.2) is 21.4 Å². The van der Waals surface area contributed by atoms with E-state index in [1.807, 2.05) is 41.2 Å². The quantitative estimate of drug-likeness (QED) is 0.688. The van der Waals surface area contributed by atoms with Crippen LogP contribution in [0, 0.1) is 0 Å². The largest absolute Gasteiger partial charge is 0.310 e. The van der Waals surface area contributed by atoms with Gasteiger partial charge in [-0.3, -0.25) is 4.79 Å². The highest BCUT2D eigenvalue weighted by Gasteiger charge is 2.27. The Hall–Kier alpha value is -2.05. The summed E-state index contributed by atoms with van der Waals surface area (Å²) in [4.78, 5) is 12.2. The number of anilines is 1. The molecule has 2 heterocycles. The maximum atomic E-state index is 12.2. The molecule has 0 spiro atoms. The molecule has 0 aliphatic carbocycles. The van der Waals surface area contributed by atoms with E-state index < -0.39 is 0 Å². The minimum Gasteiger partial charge on any atom is -0.310 e. The van der Waals surface area contributed by atoms with E-state index in [1.165, 1.54) is 5.56 Å². The summed E-state index contributed by atoms with van der Waals surface area (Å²) in [7, 11) is 0. The van der Waals surface area contributed by atoms with Gasteiger partial charge in [-0.15, -0.1) is 11.8 Å². The fourth-order valence-corrected chi connectivity index (χ4v) is 4.29. The van der Waals surface area contributed by atoms with Gasteiger partial charge in [0, 0.05) is 10.0 Å². The van der Waals surface area contributed by atoms with Crippen LogP contribution < -0.4 is 5.32 Å². The zero-order chi connectivity index (χ0) is 17.2. The molecule has 3 aromatic rings. The van der Waals surface area contributed by atoms with E-state index in [4.69, 9.17) is 0 Å². The average Bonchev–Trinajstić information content (AvgIpc) is 2.91. The van der Waals surface area contributed by atoms with Crippen molar-refractivity contribution in [2.24, 2.45) is 0 Å². The number of halogens is 1. The first-order valence-electron chi connectivity index (χ1n) is 7.97. The summed E-state index contributed by atoms with van der Waals surface area (Å²) in [5.41, 5.74) is 3.37. The van der Waals surface area contributed by atoms with Gasteiger partial charge in [0.15, 0.2) is 0 Å². The smallest absolute Gasteiger partial charge is 0.235 e. The van der Waals surface area contributed by atoms with Gasteiger partial charge in [0.05, 0.1) is 23.7 Å². The molecule has 0 fully saturated rings. The van der Waals surface area contributed by atoms with Crippen molar-refractivity contribution in [3.63, 3.8) is 0 Å². The Kier molecular flexibility index (Phi) is 4.63. The van der Waals surface area contributed by atoms with Gasteiger partial charge < -0.3 is 5.32 Å². The lowest BCUT2D eigenvalue weighted by Gasteiger charge is -2.14. The molecule has 1 aromatic heterocycles. The Morgan fingerprint density at radius 1 is 1.16 bits per heavy atom. The molecule has 126 valence electrons. The van der Waals surface area contributed by atoms with Crippen molar-refractivity contribution in [1.82, 2.24) is 9.78 Å². The first kappa shape index (κ1) is 16.4. The normalized spacial score (nSPS) is 16.8. The first-order valence-corrected chi connectivity index (χ1v) is 9.81. The Bertz CT molecular complexity index is 893. The number of carbonyl (C=O) groups is 1. The Morgan fingerprint density at radius 3 is 2.68 bits per heavy atom. The second-order valence-electron chi connectivity index (χ2n) is 5.88. The minimum atomic E-state index is 0.0145. The van der Waals surface area contributed by atoms with Crippen LogP contribution >= 0.6 is 27.7 Å². The summed E-state index contributed by atoms with van der Waals surface area (Å²) in [5, 5.41) is 7.67. The van der Waals surface area contributed by atoms with Gasteiger partial charge in [-0.1, -0.05) is 58.4 Å². The van der Waals surface area contributed by atoms with Crippen LogP contribution in [0.2, 0.25) is 0 Å². The summed E-state index contributed by atoms with van der Waals surface area (Å²) < 4.78 is 2.92. The molecule has 6 heteroatoms. The van der Waals surface area contributed by atoms with Crippen LogP contribution in [0.3, 0.4) is 0 Å². The molecule has 2 aromatic carbocycles. The number of benzene rings is 2. The summed E-state index contributed by atoms with van der Waals surface area (Å²) >= 11 is 5.11. The lowest BCUT2D eigenvalue weighted by Crippen LogP contribution is -2.16. The zero-order valence-corrected chi connectivity index (χ0v) is 15.8. The van der Waals surface area contributed by atoms with Crippen LogP contribution in [0.1, 0.15) is 21.9 Å². The van der Waals surface area contributed by atoms with Gasteiger partial charge in [0.2, 0.25) is 5.91 Å². The van der Waals surface area contributed by atoms with E-state index in [1.54, 1.807) is 11.8 Å². The lowest BCUT2D eigenvalue weighted by atomic mass is 10.1. The van der Waals surface area contributed by atoms with E-state index in [0.29, 0.717) is 12.3 Å². The van der Waals surface area contributed by atoms with Crippen LogP contribution in [0.25, 0.3) is 0 Å². The number of nitrogens with zero attached hydrogens (tertiary/aromatic N) is 2. The second kappa shape index (κ2) is 7.06. The number of hydrogen-bond donors (Lipinski definition) is 1. The summed E-state index contributed by atoms with van der Waals surface area (Å²) in [6.45, 7) is 0.633. The molecule has 0 bridgehead atoms. The van der Waals surface area contributed by atoms with E-state index in [0.717, 1.165) is 21.4 Å². The number of aromatic nitrogens is 2. The molecular weight excluding hydrogens is 398 g/mol. The van der Waals surface area contributed by atoms with Crippen LogP contribution in [0.15, 0.2) is 65.3 Å². The highest BCUT2D eigenvalue weighted by atomic mass is 79.9. The zero-order valence-electron chi connectivity index (χ0n) is 13.4. The highest BCUT2D eigenvalue weighted by Crippen LogP contribution is 2.41. The molecule has 1 aliphatic heterocycles. The van der Waals surface area contributed by atoms with Crippen molar-refractivity contribution < 1.29 is 4.79 Å². The topological polar surface area (TPSA) is 46.9 Å². The number of hydrogen-bond acceptors (Lipinski definition) is 3. The highest BCUT2D eigenvalue weighted by molar-refractivity contribution is 9.10. The van der Waals surface area contributed by atoms with E-state index in [2.05, 4.69) is 50.6 Å². The fraction of sp³-hybridized carbons (Fsp3) is 0.158. The Balaban J connectivity index is 1.72. The third-order valence-electron chi connectivity index (χ3n) is 4.14. The maximum Gasteiger partial charge on any atom is 0.235 e. The molecule has 0 saturated heterocycles. The molecule has 25 heavy (non-hydrogen) atoms. The Labute approximate surface area is 158 Å². The minimum absolute atomic E-state index is 0.0145. The molecule has 1 atom stereocenters. The van der Waals surface area contributed by atoms with Crippen LogP contribution in [-0.2, 0) is 11.3 Å². The molecular formula is C19H16BrN3OS. The maximum absolute atomic E-state index is 12.2. The first-order chi connectivity index (χ1) is 12.2. The monoisotopic (exact) mass is 413 g/mol. The summed E-state index contributed by atoms with van der Waals surface area (Å²) in [6, 6.07) is 18.4. The SMILES string of the molecule is O=C1CS[C@@H](c2ccc(Br)cc2)c2cnn(Cc3ccccc3)c2N1. The van der Waals surface area contributed by atoms with Gasteiger partial charge in [-0.05, 0) is 23.3 Å². The van der Waals surface area contributed by atoms with Gasteiger partial charge in [0.25, 0.3) is 0 Å². The van der Waals surface area contributed by atoms with Crippen molar-refractivity contribution in [2.45, 2.75) is 11.8 Å².